The van der Waals surface area contributed by atoms with Gasteiger partial charge in [0.25, 0.3) is 5.91 Å². The fourth-order valence-electron chi connectivity index (χ4n) is 3.33. The summed E-state index contributed by atoms with van der Waals surface area (Å²) >= 11 is 1.73. The van der Waals surface area contributed by atoms with Crippen LogP contribution in [0, 0.1) is 5.92 Å². The predicted octanol–water partition coefficient (Wildman–Crippen LogP) is 2.70. The highest BCUT2D eigenvalue weighted by molar-refractivity contribution is 7.14. The van der Waals surface area contributed by atoms with Crippen molar-refractivity contribution in [3.63, 3.8) is 0 Å². The van der Waals surface area contributed by atoms with Gasteiger partial charge in [-0.15, -0.1) is 11.3 Å². The summed E-state index contributed by atoms with van der Waals surface area (Å²) < 4.78 is 0. The highest BCUT2D eigenvalue weighted by atomic mass is 32.1. The van der Waals surface area contributed by atoms with Gasteiger partial charge in [-0.3, -0.25) is 4.79 Å². The first kappa shape index (κ1) is 14.1. The van der Waals surface area contributed by atoms with Crippen LogP contribution in [0.25, 0.3) is 0 Å². The Labute approximate surface area is 125 Å². The van der Waals surface area contributed by atoms with Crippen LogP contribution in [0.3, 0.4) is 0 Å². The van der Waals surface area contributed by atoms with Crippen LogP contribution in [0.15, 0.2) is 6.07 Å². The lowest BCUT2D eigenvalue weighted by Crippen LogP contribution is -2.39. The number of hydrogen-bond acceptors (Lipinski definition) is 3. The fraction of sp³-hybridized carbons (Fsp3) is 0.688. The smallest absolute Gasteiger partial charge is 0.263 e. The number of rotatable bonds is 3. The summed E-state index contributed by atoms with van der Waals surface area (Å²) in [6, 6.07) is 2.15. The summed E-state index contributed by atoms with van der Waals surface area (Å²) in [4.78, 5) is 16.9. The van der Waals surface area contributed by atoms with Gasteiger partial charge in [-0.25, -0.2) is 0 Å². The lowest BCUT2D eigenvalue weighted by atomic mass is 9.98. The largest absolute Gasteiger partial charge is 0.341 e. The van der Waals surface area contributed by atoms with E-state index in [0.717, 1.165) is 30.9 Å². The normalized spacial score (nSPS) is 22.4. The summed E-state index contributed by atoms with van der Waals surface area (Å²) in [5.74, 6) is 0.835. The topological polar surface area (TPSA) is 32.3 Å². The predicted molar refractivity (Wildman–Crippen MR) is 83.5 cm³/mol. The summed E-state index contributed by atoms with van der Waals surface area (Å²) in [5, 5.41) is 3.42. The number of fused-ring (bicyclic) bond motifs is 1. The van der Waals surface area contributed by atoms with Gasteiger partial charge in [0, 0.05) is 18.5 Å². The molecule has 3 nitrogen and oxygen atoms in total. The second-order valence-electron chi connectivity index (χ2n) is 6.16. The van der Waals surface area contributed by atoms with E-state index >= 15 is 0 Å². The van der Waals surface area contributed by atoms with Crippen LogP contribution in [-0.2, 0) is 12.8 Å². The summed E-state index contributed by atoms with van der Waals surface area (Å²) in [7, 11) is 1.95. The van der Waals surface area contributed by atoms with Crippen molar-refractivity contribution in [2.24, 2.45) is 5.92 Å². The van der Waals surface area contributed by atoms with Gasteiger partial charge in [-0.1, -0.05) is 0 Å². The molecule has 0 bridgehead atoms. The first-order valence-corrected chi connectivity index (χ1v) is 8.63. The molecule has 1 aromatic heterocycles. The quantitative estimate of drug-likeness (QED) is 0.929. The molecule has 20 heavy (non-hydrogen) atoms. The number of nitrogens with one attached hydrogen (secondary N) is 1. The van der Waals surface area contributed by atoms with Gasteiger partial charge >= 0.3 is 0 Å². The van der Waals surface area contributed by atoms with Crippen molar-refractivity contribution in [1.82, 2.24) is 10.2 Å². The number of piperidine rings is 1. The van der Waals surface area contributed by atoms with Crippen molar-refractivity contribution >= 4 is 17.2 Å². The number of thiophene rings is 1. The van der Waals surface area contributed by atoms with Crippen LogP contribution < -0.4 is 5.32 Å². The Kier molecular flexibility index (Phi) is 4.41. The number of nitrogens with zero attached hydrogens (tertiary/aromatic N) is 1. The summed E-state index contributed by atoms with van der Waals surface area (Å²) in [5.41, 5.74) is 1.43. The first-order valence-electron chi connectivity index (χ1n) is 7.82. The molecular formula is C16H24N2OS. The summed E-state index contributed by atoms with van der Waals surface area (Å²) in [6.07, 6.45) is 7.37. The standard InChI is InChI=1S/C16H24N2OS/c1-18(11-12-5-4-8-17-10-12)16(19)15-9-13-6-2-3-7-14(13)20-15/h9,12,17H,2-8,10-11H2,1H3. The van der Waals surface area contributed by atoms with E-state index in [2.05, 4.69) is 11.4 Å². The van der Waals surface area contributed by atoms with Gasteiger partial charge in [0.15, 0.2) is 0 Å². The first-order chi connectivity index (χ1) is 9.74. The molecule has 1 saturated heterocycles. The molecule has 2 aliphatic rings. The fourth-order valence-corrected chi connectivity index (χ4v) is 4.58. The Morgan fingerprint density at radius 2 is 2.25 bits per heavy atom. The molecule has 110 valence electrons. The van der Waals surface area contributed by atoms with Gasteiger partial charge in [0.1, 0.15) is 0 Å². The zero-order chi connectivity index (χ0) is 13.9. The highest BCUT2D eigenvalue weighted by Gasteiger charge is 2.22. The Morgan fingerprint density at radius 1 is 1.40 bits per heavy atom. The zero-order valence-electron chi connectivity index (χ0n) is 12.3. The second-order valence-corrected chi connectivity index (χ2v) is 7.30. The van der Waals surface area contributed by atoms with Crippen LogP contribution in [0.1, 0.15) is 45.8 Å². The monoisotopic (exact) mass is 292 g/mol. The van der Waals surface area contributed by atoms with Crippen LogP contribution in [-0.4, -0.2) is 37.5 Å². The average Bonchev–Trinajstić information content (AvgIpc) is 2.91. The van der Waals surface area contributed by atoms with Crippen molar-refractivity contribution in [3.8, 4) is 0 Å². The van der Waals surface area contributed by atoms with E-state index in [-0.39, 0.29) is 5.91 Å². The van der Waals surface area contributed by atoms with Crippen molar-refractivity contribution < 1.29 is 4.79 Å². The third-order valence-electron chi connectivity index (χ3n) is 4.49. The molecule has 1 atom stereocenters. The van der Waals surface area contributed by atoms with E-state index < -0.39 is 0 Å². The molecule has 2 heterocycles. The minimum atomic E-state index is 0.218. The molecule has 3 rings (SSSR count). The molecule has 1 aliphatic heterocycles. The van der Waals surface area contributed by atoms with E-state index in [1.807, 2.05) is 11.9 Å². The molecule has 0 spiro atoms. The van der Waals surface area contributed by atoms with Gasteiger partial charge in [0.2, 0.25) is 0 Å². The van der Waals surface area contributed by atoms with Gasteiger partial charge in [-0.2, -0.15) is 0 Å². The number of hydrogen-bond donors (Lipinski definition) is 1. The highest BCUT2D eigenvalue weighted by Crippen LogP contribution is 2.30. The molecular weight excluding hydrogens is 268 g/mol. The minimum absolute atomic E-state index is 0.218. The van der Waals surface area contributed by atoms with Crippen molar-refractivity contribution in [3.05, 3.63) is 21.4 Å². The molecule has 1 fully saturated rings. The SMILES string of the molecule is CN(CC1CCCNC1)C(=O)c1cc2c(s1)CCCC2. The molecule has 0 saturated carbocycles. The van der Waals surface area contributed by atoms with Crippen molar-refractivity contribution in [2.45, 2.75) is 38.5 Å². The van der Waals surface area contributed by atoms with Crippen molar-refractivity contribution in [1.29, 1.82) is 0 Å². The number of carbonyl (C=O) groups excluding carboxylic acids is 1. The van der Waals surface area contributed by atoms with Crippen LogP contribution >= 0.6 is 11.3 Å². The molecule has 1 aromatic rings. The van der Waals surface area contributed by atoms with E-state index in [1.165, 1.54) is 42.5 Å². The number of aryl methyl sites for hydroxylation is 2. The van der Waals surface area contributed by atoms with Gasteiger partial charge in [-0.05, 0) is 69.2 Å². The average molecular weight is 292 g/mol. The Hall–Kier alpha value is -0.870. The maximum absolute atomic E-state index is 12.6. The second kappa shape index (κ2) is 6.27. The Morgan fingerprint density at radius 3 is 3.00 bits per heavy atom. The lowest BCUT2D eigenvalue weighted by molar-refractivity contribution is 0.0769. The van der Waals surface area contributed by atoms with Gasteiger partial charge < -0.3 is 10.2 Å². The minimum Gasteiger partial charge on any atom is -0.341 e. The number of amides is 1. The maximum atomic E-state index is 12.6. The number of carbonyl (C=O) groups is 1. The van der Waals surface area contributed by atoms with Crippen molar-refractivity contribution in [2.75, 3.05) is 26.7 Å². The Bertz CT molecular complexity index is 453. The zero-order valence-corrected chi connectivity index (χ0v) is 13.1. The molecule has 1 unspecified atom stereocenters. The van der Waals surface area contributed by atoms with E-state index in [0.29, 0.717) is 5.92 Å². The Balaban J connectivity index is 1.63. The summed E-state index contributed by atoms with van der Waals surface area (Å²) in [6.45, 7) is 3.07. The molecule has 1 N–H and O–H groups in total. The molecule has 1 aliphatic carbocycles. The van der Waals surface area contributed by atoms with E-state index in [9.17, 15) is 4.79 Å². The van der Waals surface area contributed by atoms with Crippen LogP contribution in [0.4, 0.5) is 0 Å². The van der Waals surface area contributed by atoms with Crippen LogP contribution in [0.5, 0.6) is 0 Å². The lowest BCUT2D eigenvalue weighted by Gasteiger charge is -2.27. The molecule has 4 heteroatoms. The van der Waals surface area contributed by atoms with E-state index in [4.69, 9.17) is 0 Å². The molecule has 0 aromatic carbocycles. The molecule has 1 amide bonds. The van der Waals surface area contributed by atoms with Gasteiger partial charge in [0.05, 0.1) is 4.88 Å². The maximum Gasteiger partial charge on any atom is 0.263 e. The molecule has 0 radical (unpaired) electrons. The van der Waals surface area contributed by atoms with Crippen LogP contribution in [0.2, 0.25) is 0 Å². The van der Waals surface area contributed by atoms with E-state index in [1.54, 1.807) is 11.3 Å². The third-order valence-corrected chi connectivity index (χ3v) is 5.71. The third kappa shape index (κ3) is 3.07.